The minimum absolute atomic E-state index is 0.0673. The van der Waals surface area contributed by atoms with Gasteiger partial charge in [-0.05, 0) is 24.6 Å². The van der Waals surface area contributed by atoms with Gasteiger partial charge in [0.25, 0.3) is 0 Å². The second-order valence-electron chi connectivity index (χ2n) is 4.17. The van der Waals surface area contributed by atoms with E-state index in [9.17, 15) is 9.59 Å². The number of nitriles is 1. The van der Waals surface area contributed by atoms with Gasteiger partial charge in [0.2, 0.25) is 0 Å². The molecule has 1 unspecified atom stereocenters. The first kappa shape index (κ1) is 16.8. The van der Waals surface area contributed by atoms with Gasteiger partial charge in [-0.15, -0.1) is 0 Å². The van der Waals surface area contributed by atoms with E-state index >= 15 is 0 Å². The second kappa shape index (κ2) is 8.12. The van der Waals surface area contributed by atoms with Gasteiger partial charge >= 0.3 is 5.97 Å². The van der Waals surface area contributed by atoms with Crippen LogP contribution in [-0.4, -0.2) is 24.1 Å². The lowest BCUT2D eigenvalue weighted by molar-refractivity contribution is -0.143. The zero-order valence-corrected chi connectivity index (χ0v) is 12.9. The van der Waals surface area contributed by atoms with Crippen LogP contribution in [0.3, 0.4) is 0 Å². The van der Waals surface area contributed by atoms with Crippen molar-refractivity contribution in [1.29, 1.82) is 10.7 Å². The van der Waals surface area contributed by atoms with E-state index in [1.807, 2.05) is 24.3 Å². The van der Waals surface area contributed by atoms with Gasteiger partial charge in [0.15, 0.2) is 12.4 Å². The van der Waals surface area contributed by atoms with Crippen LogP contribution in [0.5, 0.6) is 0 Å². The standard InChI is InChI=1S/C15H13BrN2O3/c1-10(18)12(8-17)14(19)9-21-15(20)7-6-11-4-2-3-5-13(11)16/h2-7,12,18H,9H2,1H3/b7-6+,18-10?. The third-order valence-electron chi connectivity index (χ3n) is 2.54. The van der Waals surface area contributed by atoms with Crippen molar-refractivity contribution < 1.29 is 14.3 Å². The fourth-order valence-electron chi connectivity index (χ4n) is 1.45. The number of carbonyl (C=O) groups excluding carboxylic acids is 2. The summed E-state index contributed by atoms with van der Waals surface area (Å²) in [6.45, 7) is 0.841. The third kappa shape index (κ3) is 5.32. The van der Waals surface area contributed by atoms with Gasteiger partial charge in [-0.2, -0.15) is 5.26 Å². The monoisotopic (exact) mass is 348 g/mol. The third-order valence-corrected chi connectivity index (χ3v) is 3.27. The summed E-state index contributed by atoms with van der Waals surface area (Å²) in [4.78, 5) is 23.1. The van der Waals surface area contributed by atoms with Gasteiger partial charge in [-0.1, -0.05) is 34.1 Å². The van der Waals surface area contributed by atoms with E-state index < -0.39 is 24.3 Å². The van der Waals surface area contributed by atoms with Crippen LogP contribution in [0.2, 0.25) is 0 Å². The maximum Gasteiger partial charge on any atom is 0.331 e. The van der Waals surface area contributed by atoms with Crippen molar-refractivity contribution in [2.45, 2.75) is 6.92 Å². The van der Waals surface area contributed by atoms with Crippen molar-refractivity contribution in [1.82, 2.24) is 0 Å². The normalized spacial score (nSPS) is 11.7. The quantitative estimate of drug-likeness (QED) is 0.486. The molecule has 108 valence electrons. The van der Waals surface area contributed by atoms with E-state index in [-0.39, 0.29) is 5.71 Å². The molecule has 0 heterocycles. The van der Waals surface area contributed by atoms with Gasteiger partial charge in [-0.3, -0.25) is 4.79 Å². The van der Waals surface area contributed by atoms with Crippen LogP contribution >= 0.6 is 15.9 Å². The van der Waals surface area contributed by atoms with E-state index in [1.165, 1.54) is 13.0 Å². The molecule has 0 saturated heterocycles. The molecule has 6 heteroatoms. The van der Waals surface area contributed by atoms with Gasteiger partial charge in [-0.25, -0.2) is 4.79 Å². The molecule has 1 N–H and O–H groups in total. The minimum Gasteiger partial charge on any atom is -0.454 e. The van der Waals surface area contributed by atoms with Crippen LogP contribution in [0.4, 0.5) is 0 Å². The average molecular weight is 349 g/mol. The minimum atomic E-state index is -1.16. The van der Waals surface area contributed by atoms with Crippen LogP contribution in [0.1, 0.15) is 12.5 Å². The number of hydrogen-bond donors (Lipinski definition) is 1. The van der Waals surface area contributed by atoms with E-state index in [0.717, 1.165) is 10.0 Å². The highest BCUT2D eigenvalue weighted by molar-refractivity contribution is 9.10. The number of benzene rings is 1. The Morgan fingerprint density at radius 1 is 1.48 bits per heavy atom. The summed E-state index contributed by atoms with van der Waals surface area (Å²) in [6, 6.07) is 9.01. The molecule has 21 heavy (non-hydrogen) atoms. The largest absolute Gasteiger partial charge is 0.454 e. The Hall–Kier alpha value is -2.26. The Morgan fingerprint density at radius 2 is 2.14 bits per heavy atom. The molecular formula is C15H13BrN2O3. The molecule has 5 nitrogen and oxygen atoms in total. The molecule has 0 amide bonds. The smallest absolute Gasteiger partial charge is 0.331 e. The number of halogens is 1. The van der Waals surface area contributed by atoms with E-state index in [1.54, 1.807) is 12.1 Å². The van der Waals surface area contributed by atoms with Crippen LogP contribution in [0, 0.1) is 22.7 Å². The van der Waals surface area contributed by atoms with Crippen LogP contribution in [0.15, 0.2) is 34.8 Å². The summed E-state index contributed by atoms with van der Waals surface area (Å²) in [5.41, 5.74) is 0.730. The molecule has 0 spiro atoms. The highest BCUT2D eigenvalue weighted by atomic mass is 79.9. The van der Waals surface area contributed by atoms with E-state index in [4.69, 9.17) is 15.4 Å². The van der Waals surface area contributed by atoms with Crippen molar-refractivity contribution in [3.8, 4) is 6.07 Å². The van der Waals surface area contributed by atoms with Gasteiger partial charge in [0.05, 0.1) is 6.07 Å². The number of nitrogens with one attached hydrogen (secondary N) is 1. The van der Waals surface area contributed by atoms with Crippen molar-refractivity contribution >= 4 is 39.5 Å². The number of nitrogens with zero attached hydrogens (tertiary/aromatic N) is 1. The molecule has 1 aromatic carbocycles. The Labute approximate surface area is 130 Å². The Bertz CT molecular complexity index is 632. The van der Waals surface area contributed by atoms with Crippen molar-refractivity contribution in [3.05, 3.63) is 40.4 Å². The lowest BCUT2D eigenvalue weighted by Gasteiger charge is -2.06. The fourth-order valence-corrected chi connectivity index (χ4v) is 1.87. The predicted octanol–water partition coefficient (Wildman–Crippen LogP) is 2.75. The topological polar surface area (TPSA) is 91.0 Å². The first-order valence-electron chi connectivity index (χ1n) is 6.02. The molecule has 0 aliphatic carbocycles. The first-order valence-corrected chi connectivity index (χ1v) is 6.81. The van der Waals surface area contributed by atoms with Crippen molar-refractivity contribution in [3.63, 3.8) is 0 Å². The van der Waals surface area contributed by atoms with Crippen molar-refractivity contribution in [2.24, 2.45) is 5.92 Å². The fraction of sp³-hybridized carbons (Fsp3) is 0.200. The Kier molecular flexibility index (Phi) is 6.50. The lowest BCUT2D eigenvalue weighted by Crippen LogP contribution is -2.25. The average Bonchev–Trinajstić information content (AvgIpc) is 2.44. The Morgan fingerprint density at radius 3 is 2.71 bits per heavy atom. The molecule has 1 aromatic rings. The number of rotatable bonds is 6. The molecule has 0 aromatic heterocycles. The number of ether oxygens (including phenoxy) is 1. The van der Waals surface area contributed by atoms with Gasteiger partial charge in [0.1, 0.15) is 5.92 Å². The molecule has 1 rings (SSSR count). The second-order valence-corrected chi connectivity index (χ2v) is 5.03. The van der Waals surface area contributed by atoms with Crippen LogP contribution in [-0.2, 0) is 14.3 Å². The summed E-state index contributed by atoms with van der Waals surface area (Å²) >= 11 is 3.34. The van der Waals surface area contributed by atoms with Crippen molar-refractivity contribution in [2.75, 3.05) is 6.61 Å². The predicted molar refractivity (Wildman–Crippen MR) is 81.6 cm³/mol. The van der Waals surface area contributed by atoms with Gasteiger partial charge < -0.3 is 10.1 Å². The molecular weight excluding hydrogens is 336 g/mol. The van der Waals surface area contributed by atoms with E-state index in [0.29, 0.717) is 0 Å². The van der Waals surface area contributed by atoms with Gasteiger partial charge in [0, 0.05) is 16.3 Å². The maximum atomic E-state index is 11.6. The highest BCUT2D eigenvalue weighted by Gasteiger charge is 2.20. The Balaban J connectivity index is 2.56. The SMILES string of the molecule is CC(=N)C(C#N)C(=O)COC(=O)/C=C/c1ccccc1Br. The highest BCUT2D eigenvalue weighted by Crippen LogP contribution is 2.17. The molecule has 0 saturated carbocycles. The summed E-state index contributed by atoms with van der Waals surface area (Å²) in [7, 11) is 0. The van der Waals surface area contributed by atoms with Crippen LogP contribution < -0.4 is 0 Å². The summed E-state index contributed by atoms with van der Waals surface area (Å²) in [5, 5.41) is 16.0. The molecule has 0 bridgehead atoms. The molecule has 0 aliphatic heterocycles. The maximum absolute atomic E-state index is 11.6. The van der Waals surface area contributed by atoms with Crippen LogP contribution in [0.25, 0.3) is 6.08 Å². The number of carbonyl (C=O) groups is 2. The number of Topliss-reactive ketones (excluding diaryl/α,β-unsaturated/α-hetero) is 1. The summed E-state index contributed by atoms with van der Waals surface area (Å²) in [6.07, 6.45) is 2.76. The zero-order chi connectivity index (χ0) is 15.8. The summed E-state index contributed by atoms with van der Waals surface area (Å²) < 4.78 is 5.59. The lowest BCUT2D eigenvalue weighted by atomic mass is 10.0. The number of hydrogen-bond acceptors (Lipinski definition) is 5. The first-order chi connectivity index (χ1) is 9.95. The number of ketones is 1. The molecule has 0 aliphatic rings. The zero-order valence-electron chi connectivity index (χ0n) is 11.3. The molecule has 0 fully saturated rings. The number of esters is 1. The molecule has 0 radical (unpaired) electrons. The molecule has 1 atom stereocenters. The van der Waals surface area contributed by atoms with E-state index in [2.05, 4.69) is 15.9 Å². The summed E-state index contributed by atoms with van der Waals surface area (Å²) in [5.74, 6) is -2.45.